The smallest absolute Gasteiger partial charge is 0.387 e. The van der Waals surface area contributed by atoms with Gasteiger partial charge in [-0.15, -0.1) is 0 Å². The van der Waals surface area contributed by atoms with Gasteiger partial charge in [-0.3, -0.25) is 4.90 Å². The summed E-state index contributed by atoms with van der Waals surface area (Å²) in [6, 6.07) is 7.07. The lowest BCUT2D eigenvalue weighted by Crippen LogP contribution is -2.47. The van der Waals surface area contributed by atoms with Crippen molar-refractivity contribution in [2.75, 3.05) is 6.54 Å². The summed E-state index contributed by atoms with van der Waals surface area (Å²) in [6.45, 7) is -0.915. The zero-order chi connectivity index (χ0) is 14.3. The SMILES string of the molecule is OC1c2ccccc2CCC1N(CC(F)(F)F)C1CC1. The highest BCUT2D eigenvalue weighted by atomic mass is 19.4. The molecule has 2 unspecified atom stereocenters. The zero-order valence-corrected chi connectivity index (χ0v) is 11.1. The minimum absolute atomic E-state index is 0.0125. The van der Waals surface area contributed by atoms with Crippen LogP contribution in [0.2, 0.25) is 0 Å². The van der Waals surface area contributed by atoms with E-state index in [1.807, 2.05) is 24.3 Å². The Morgan fingerprint density at radius 2 is 1.85 bits per heavy atom. The number of aliphatic hydroxyl groups is 1. The van der Waals surface area contributed by atoms with Crippen LogP contribution in [0.4, 0.5) is 13.2 Å². The van der Waals surface area contributed by atoms with E-state index in [2.05, 4.69) is 0 Å². The van der Waals surface area contributed by atoms with Crippen LogP contribution in [-0.4, -0.2) is 34.8 Å². The van der Waals surface area contributed by atoms with Crippen molar-refractivity contribution in [2.24, 2.45) is 0 Å². The van der Waals surface area contributed by atoms with E-state index in [9.17, 15) is 18.3 Å². The van der Waals surface area contributed by atoms with Gasteiger partial charge in [-0.1, -0.05) is 24.3 Å². The predicted octanol–water partition coefficient (Wildman–Crippen LogP) is 3.06. The van der Waals surface area contributed by atoms with Crippen molar-refractivity contribution in [2.45, 2.75) is 50.0 Å². The number of benzene rings is 1. The maximum Gasteiger partial charge on any atom is 0.401 e. The molecule has 2 nitrogen and oxygen atoms in total. The summed E-state index contributed by atoms with van der Waals surface area (Å²) in [5, 5.41) is 10.5. The lowest BCUT2D eigenvalue weighted by atomic mass is 9.85. The monoisotopic (exact) mass is 285 g/mol. The molecule has 20 heavy (non-hydrogen) atoms. The molecule has 3 rings (SSSR count). The quantitative estimate of drug-likeness (QED) is 0.922. The highest BCUT2D eigenvalue weighted by molar-refractivity contribution is 5.32. The van der Waals surface area contributed by atoms with Crippen LogP contribution in [0.3, 0.4) is 0 Å². The molecular weight excluding hydrogens is 267 g/mol. The summed E-state index contributed by atoms with van der Waals surface area (Å²) in [6.07, 6.45) is -2.09. The lowest BCUT2D eigenvalue weighted by molar-refractivity contribution is -0.158. The van der Waals surface area contributed by atoms with Gasteiger partial charge in [-0.25, -0.2) is 0 Å². The van der Waals surface area contributed by atoms with Gasteiger partial charge in [0.2, 0.25) is 0 Å². The van der Waals surface area contributed by atoms with E-state index < -0.39 is 24.9 Å². The number of hydrogen-bond donors (Lipinski definition) is 1. The highest BCUT2D eigenvalue weighted by Crippen LogP contribution is 2.39. The summed E-state index contributed by atoms with van der Waals surface area (Å²) in [5.41, 5.74) is 1.84. The molecule has 2 aliphatic carbocycles. The van der Waals surface area contributed by atoms with Crippen molar-refractivity contribution < 1.29 is 18.3 Å². The number of alkyl halides is 3. The first kappa shape index (κ1) is 13.9. The van der Waals surface area contributed by atoms with Crippen molar-refractivity contribution >= 4 is 0 Å². The second kappa shape index (κ2) is 5.04. The van der Waals surface area contributed by atoms with Crippen LogP contribution in [0, 0.1) is 0 Å². The first-order valence-electron chi connectivity index (χ1n) is 7.04. The summed E-state index contributed by atoms with van der Waals surface area (Å²) in [5.74, 6) is 0. The minimum Gasteiger partial charge on any atom is -0.387 e. The first-order chi connectivity index (χ1) is 9.46. The van der Waals surface area contributed by atoms with E-state index in [-0.39, 0.29) is 6.04 Å². The van der Waals surface area contributed by atoms with E-state index in [1.165, 1.54) is 4.90 Å². The fourth-order valence-corrected chi connectivity index (χ4v) is 3.20. The predicted molar refractivity (Wildman–Crippen MR) is 69.3 cm³/mol. The second-order valence-corrected chi connectivity index (χ2v) is 5.77. The molecule has 2 atom stereocenters. The maximum absolute atomic E-state index is 12.7. The molecule has 1 aromatic rings. The highest BCUT2D eigenvalue weighted by Gasteiger charge is 2.44. The van der Waals surface area contributed by atoms with Gasteiger partial charge in [0.1, 0.15) is 0 Å². The first-order valence-corrected chi connectivity index (χ1v) is 7.04. The van der Waals surface area contributed by atoms with Gasteiger partial charge in [0.25, 0.3) is 0 Å². The van der Waals surface area contributed by atoms with Gasteiger partial charge >= 0.3 is 6.18 Å². The van der Waals surface area contributed by atoms with Crippen LogP contribution in [0.15, 0.2) is 24.3 Å². The van der Waals surface area contributed by atoms with Crippen LogP contribution in [-0.2, 0) is 6.42 Å². The lowest BCUT2D eigenvalue weighted by Gasteiger charge is -2.39. The Labute approximate surface area is 116 Å². The Kier molecular flexibility index (Phi) is 3.50. The minimum atomic E-state index is -4.21. The number of halogens is 3. The van der Waals surface area contributed by atoms with E-state index in [0.717, 1.165) is 30.4 Å². The van der Waals surface area contributed by atoms with Crippen LogP contribution in [0.1, 0.15) is 36.5 Å². The molecule has 5 heteroatoms. The molecule has 0 aromatic heterocycles. The van der Waals surface area contributed by atoms with Crippen molar-refractivity contribution in [1.29, 1.82) is 0 Å². The zero-order valence-electron chi connectivity index (χ0n) is 11.1. The van der Waals surface area contributed by atoms with Gasteiger partial charge in [0, 0.05) is 12.1 Å². The van der Waals surface area contributed by atoms with Gasteiger partial charge in [0.05, 0.1) is 12.6 Å². The molecule has 0 heterocycles. The average Bonchev–Trinajstić information content (AvgIpc) is 3.20. The van der Waals surface area contributed by atoms with E-state index >= 15 is 0 Å². The number of aliphatic hydroxyl groups excluding tert-OH is 1. The van der Waals surface area contributed by atoms with Crippen LogP contribution in [0.5, 0.6) is 0 Å². The van der Waals surface area contributed by atoms with Gasteiger partial charge < -0.3 is 5.11 Å². The van der Waals surface area contributed by atoms with Crippen molar-refractivity contribution in [3.63, 3.8) is 0 Å². The van der Waals surface area contributed by atoms with Crippen molar-refractivity contribution in [3.8, 4) is 0 Å². The summed E-state index contributed by atoms with van der Waals surface area (Å²) < 4.78 is 38.2. The standard InChI is InChI=1S/C15H18F3NO/c16-15(17,18)9-19(11-6-7-11)13-8-5-10-3-1-2-4-12(10)14(13)20/h1-4,11,13-14,20H,5-9H2. The fourth-order valence-electron chi connectivity index (χ4n) is 3.20. The fraction of sp³-hybridized carbons (Fsp3) is 0.600. The van der Waals surface area contributed by atoms with Crippen molar-refractivity contribution in [3.05, 3.63) is 35.4 Å². The Hall–Kier alpha value is -1.07. The van der Waals surface area contributed by atoms with Crippen LogP contribution >= 0.6 is 0 Å². The third kappa shape index (κ3) is 2.83. The molecule has 1 saturated carbocycles. The summed E-state index contributed by atoms with van der Waals surface area (Å²) >= 11 is 0. The molecule has 0 aliphatic heterocycles. The molecule has 0 saturated heterocycles. The van der Waals surface area contributed by atoms with Gasteiger partial charge in [-0.05, 0) is 36.8 Å². The van der Waals surface area contributed by atoms with E-state index in [0.29, 0.717) is 6.42 Å². The summed E-state index contributed by atoms with van der Waals surface area (Å²) in [4.78, 5) is 1.47. The second-order valence-electron chi connectivity index (χ2n) is 5.77. The molecule has 0 amide bonds. The molecule has 0 bridgehead atoms. The maximum atomic E-state index is 12.7. The summed E-state index contributed by atoms with van der Waals surface area (Å²) in [7, 11) is 0. The molecule has 0 spiro atoms. The number of nitrogens with zero attached hydrogens (tertiary/aromatic N) is 1. The molecular formula is C15H18F3NO. The van der Waals surface area contributed by atoms with Gasteiger partial charge in [0.15, 0.2) is 0 Å². The van der Waals surface area contributed by atoms with Crippen LogP contribution < -0.4 is 0 Å². The Morgan fingerprint density at radius 3 is 2.50 bits per heavy atom. The molecule has 0 radical (unpaired) electrons. The Morgan fingerprint density at radius 1 is 1.15 bits per heavy atom. The van der Waals surface area contributed by atoms with Gasteiger partial charge in [-0.2, -0.15) is 13.2 Å². The molecule has 1 fully saturated rings. The molecule has 1 aromatic carbocycles. The average molecular weight is 285 g/mol. The topological polar surface area (TPSA) is 23.5 Å². The molecule has 110 valence electrons. The number of fused-ring (bicyclic) bond motifs is 1. The largest absolute Gasteiger partial charge is 0.401 e. The molecule has 1 N–H and O–H groups in total. The third-order valence-corrected chi connectivity index (χ3v) is 4.25. The van der Waals surface area contributed by atoms with E-state index in [4.69, 9.17) is 0 Å². The number of aryl methyl sites for hydroxylation is 1. The Balaban J connectivity index is 1.82. The van der Waals surface area contributed by atoms with Crippen LogP contribution in [0.25, 0.3) is 0 Å². The number of hydrogen-bond acceptors (Lipinski definition) is 2. The normalized spacial score (nSPS) is 26.6. The molecule has 2 aliphatic rings. The van der Waals surface area contributed by atoms with Crippen molar-refractivity contribution in [1.82, 2.24) is 4.90 Å². The third-order valence-electron chi connectivity index (χ3n) is 4.25. The van der Waals surface area contributed by atoms with E-state index in [1.54, 1.807) is 0 Å². The number of rotatable bonds is 3. The Bertz CT molecular complexity index is 484.